The molecule has 0 unspecified atom stereocenters. The number of benzene rings is 1. The molecule has 9 nitrogen and oxygen atoms in total. The van der Waals surface area contributed by atoms with Gasteiger partial charge in [0, 0.05) is 24.7 Å². The van der Waals surface area contributed by atoms with E-state index in [1.165, 1.54) is 12.1 Å². The van der Waals surface area contributed by atoms with Crippen molar-refractivity contribution in [1.29, 1.82) is 0 Å². The Bertz CT molecular complexity index is 1280. The Morgan fingerprint density at radius 1 is 1.17 bits per heavy atom. The number of anilines is 1. The van der Waals surface area contributed by atoms with Crippen molar-refractivity contribution in [1.82, 2.24) is 20.4 Å². The molecular weight excluding hydrogens is 463 g/mol. The number of aromatic nitrogens is 3. The van der Waals surface area contributed by atoms with Crippen molar-refractivity contribution >= 4 is 11.8 Å². The van der Waals surface area contributed by atoms with E-state index in [0.717, 1.165) is 42.7 Å². The van der Waals surface area contributed by atoms with E-state index < -0.39 is 0 Å². The molecule has 0 amide bonds. The largest absolute Gasteiger partial charge is 0.481 e. The summed E-state index contributed by atoms with van der Waals surface area (Å²) in [6.07, 6.45) is 3.65. The molecule has 10 heteroatoms. The summed E-state index contributed by atoms with van der Waals surface area (Å²) in [5, 5.41) is 0. The zero-order valence-electron chi connectivity index (χ0n) is 20.3. The van der Waals surface area contributed by atoms with Gasteiger partial charge in [-0.2, -0.15) is 0 Å². The fraction of sp³-hybridized carbons (Fsp3) is 0.385. The summed E-state index contributed by atoms with van der Waals surface area (Å²) in [5.74, 6) is 0.771. The molecule has 2 aliphatic heterocycles. The molecule has 3 aromatic rings. The van der Waals surface area contributed by atoms with E-state index in [9.17, 15) is 4.39 Å². The average molecular weight is 493 g/mol. The van der Waals surface area contributed by atoms with E-state index in [0.29, 0.717) is 41.7 Å². The van der Waals surface area contributed by atoms with E-state index in [1.807, 2.05) is 19.1 Å². The first-order valence-corrected chi connectivity index (χ1v) is 12.0. The molecule has 0 bridgehead atoms. The number of nitrogen functional groups attached to an aromatic ring is 1. The number of hydroxylamine groups is 1. The molecule has 0 spiro atoms. The summed E-state index contributed by atoms with van der Waals surface area (Å²) in [6, 6.07) is 9.62. The predicted octanol–water partition coefficient (Wildman–Crippen LogP) is 3.71. The highest BCUT2D eigenvalue weighted by molar-refractivity contribution is 6.01. The van der Waals surface area contributed by atoms with Crippen LogP contribution in [0, 0.1) is 12.7 Å². The third-order valence-corrected chi connectivity index (χ3v) is 6.39. The second-order valence-electron chi connectivity index (χ2n) is 8.88. The topological polar surface area (TPSA) is 117 Å². The Hall–Kier alpha value is -3.63. The molecule has 1 aromatic carbocycles. The van der Waals surface area contributed by atoms with Gasteiger partial charge in [-0.1, -0.05) is 12.1 Å². The van der Waals surface area contributed by atoms with Crippen LogP contribution in [0.5, 0.6) is 5.88 Å². The summed E-state index contributed by atoms with van der Waals surface area (Å²) in [4.78, 5) is 24.1. The molecule has 5 rings (SSSR count). The Labute approximate surface area is 208 Å². The SMILES string of the molecule is COc1cccc(-c2cc(F)ccc2[C@H]2Cc3nc(N)nc(C)c3C(NOC[C@H]3CCCCO3)=N2)n1. The molecule has 0 saturated carbocycles. The van der Waals surface area contributed by atoms with Crippen molar-refractivity contribution in [3.05, 3.63) is 64.7 Å². The van der Waals surface area contributed by atoms with Crippen LogP contribution >= 0.6 is 0 Å². The number of nitrogens with two attached hydrogens (primary N) is 1. The predicted molar refractivity (Wildman–Crippen MR) is 133 cm³/mol. The molecular formula is C26H29FN6O3. The number of ether oxygens (including phenoxy) is 2. The minimum absolute atomic E-state index is 0.0392. The highest BCUT2D eigenvalue weighted by Crippen LogP contribution is 2.36. The first-order valence-electron chi connectivity index (χ1n) is 12.0. The number of rotatable bonds is 6. The second kappa shape index (κ2) is 10.5. The van der Waals surface area contributed by atoms with Crippen LogP contribution in [-0.4, -0.2) is 47.2 Å². The van der Waals surface area contributed by atoms with E-state index in [4.69, 9.17) is 25.0 Å². The Morgan fingerprint density at radius 2 is 2.06 bits per heavy atom. The summed E-state index contributed by atoms with van der Waals surface area (Å²) in [6.45, 7) is 3.00. The molecule has 4 heterocycles. The zero-order chi connectivity index (χ0) is 25.1. The number of pyridine rings is 1. The van der Waals surface area contributed by atoms with Gasteiger partial charge in [0.25, 0.3) is 0 Å². The molecule has 188 valence electrons. The van der Waals surface area contributed by atoms with Crippen molar-refractivity contribution in [3.8, 4) is 17.1 Å². The monoisotopic (exact) mass is 492 g/mol. The fourth-order valence-corrected chi connectivity index (χ4v) is 4.68. The van der Waals surface area contributed by atoms with E-state index in [-0.39, 0.29) is 23.9 Å². The molecule has 2 atom stereocenters. The Morgan fingerprint density at radius 3 is 2.86 bits per heavy atom. The van der Waals surface area contributed by atoms with Gasteiger partial charge in [0.2, 0.25) is 11.8 Å². The number of methoxy groups -OCH3 is 1. The van der Waals surface area contributed by atoms with Gasteiger partial charge in [0.15, 0.2) is 5.84 Å². The quantitative estimate of drug-likeness (QED) is 0.500. The van der Waals surface area contributed by atoms with Crippen LogP contribution in [0.3, 0.4) is 0 Å². The molecule has 0 aliphatic carbocycles. The van der Waals surface area contributed by atoms with Crippen molar-refractivity contribution in [2.24, 2.45) is 4.99 Å². The van der Waals surface area contributed by atoms with Gasteiger partial charge in [0.05, 0.1) is 41.9 Å². The van der Waals surface area contributed by atoms with Crippen LogP contribution < -0.4 is 16.0 Å². The molecule has 2 aliphatic rings. The van der Waals surface area contributed by atoms with Gasteiger partial charge < -0.3 is 15.2 Å². The van der Waals surface area contributed by atoms with Crippen LogP contribution in [0.25, 0.3) is 11.3 Å². The van der Waals surface area contributed by atoms with E-state index in [1.54, 1.807) is 19.2 Å². The minimum atomic E-state index is -0.383. The first-order chi connectivity index (χ1) is 17.5. The lowest BCUT2D eigenvalue weighted by molar-refractivity contribution is -0.0552. The summed E-state index contributed by atoms with van der Waals surface area (Å²) in [5.41, 5.74) is 13.2. The van der Waals surface area contributed by atoms with Gasteiger partial charge in [0.1, 0.15) is 12.4 Å². The number of hydrogen-bond acceptors (Lipinski definition) is 9. The lowest BCUT2D eigenvalue weighted by Crippen LogP contribution is -2.35. The van der Waals surface area contributed by atoms with Crippen LogP contribution in [0.4, 0.5) is 10.3 Å². The lowest BCUT2D eigenvalue weighted by Gasteiger charge is -2.27. The van der Waals surface area contributed by atoms with E-state index in [2.05, 4.69) is 20.4 Å². The maximum absolute atomic E-state index is 14.4. The molecule has 1 fully saturated rings. The van der Waals surface area contributed by atoms with Crippen LogP contribution in [0.15, 0.2) is 41.4 Å². The van der Waals surface area contributed by atoms with Crippen LogP contribution in [0.1, 0.15) is 47.8 Å². The maximum Gasteiger partial charge on any atom is 0.220 e. The third-order valence-electron chi connectivity index (χ3n) is 6.39. The molecule has 36 heavy (non-hydrogen) atoms. The average Bonchev–Trinajstić information content (AvgIpc) is 2.88. The molecule has 0 radical (unpaired) electrons. The summed E-state index contributed by atoms with van der Waals surface area (Å²) >= 11 is 0. The molecule has 2 aromatic heterocycles. The highest BCUT2D eigenvalue weighted by atomic mass is 19.1. The van der Waals surface area contributed by atoms with Crippen molar-refractivity contribution in [3.63, 3.8) is 0 Å². The Balaban J connectivity index is 1.50. The fourth-order valence-electron chi connectivity index (χ4n) is 4.68. The summed E-state index contributed by atoms with van der Waals surface area (Å²) in [7, 11) is 1.55. The zero-order valence-corrected chi connectivity index (χ0v) is 20.3. The Kier molecular flexibility index (Phi) is 7.06. The number of hydrogen-bond donors (Lipinski definition) is 2. The van der Waals surface area contributed by atoms with Gasteiger partial charge in [-0.3, -0.25) is 9.83 Å². The standard InChI is InChI=1S/C26H29FN6O3/c1-15-24-22(32-26(28)29-15)13-21(31-25(24)33-36-14-17-6-3-4-11-35-17)18-10-9-16(27)12-19(18)20-7-5-8-23(30-20)34-2/h5,7-10,12,17,21H,3-4,6,11,13-14H2,1-2H3,(H,31,33)(H2,28,29,32)/t17-,21-/m1/s1. The van der Waals surface area contributed by atoms with Gasteiger partial charge >= 0.3 is 0 Å². The number of aryl methyl sites for hydroxylation is 1. The van der Waals surface area contributed by atoms with Gasteiger partial charge in [-0.15, -0.1) is 0 Å². The van der Waals surface area contributed by atoms with Crippen LogP contribution in [-0.2, 0) is 16.0 Å². The lowest BCUT2D eigenvalue weighted by atomic mass is 9.91. The number of aliphatic imine (C=N–C) groups is 1. The van der Waals surface area contributed by atoms with Gasteiger partial charge in [-0.25, -0.2) is 24.8 Å². The van der Waals surface area contributed by atoms with Crippen molar-refractivity contribution in [2.45, 2.75) is 44.8 Å². The normalized spacial score (nSPS) is 19.4. The minimum Gasteiger partial charge on any atom is -0.481 e. The van der Waals surface area contributed by atoms with Crippen LogP contribution in [0.2, 0.25) is 0 Å². The second-order valence-corrected chi connectivity index (χ2v) is 8.88. The van der Waals surface area contributed by atoms with E-state index >= 15 is 0 Å². The maximum atomic E-state index is 14.4. The molecule has 1 saturated heterocycles. The number of halogens is 1. The van der Waals surface area contributed by atoms with Crippen molar-refractivity contribution in [2.75, 3.05) is 26.1 Å². The highest BCUT2D eigenvalue weighted by Gasteiger charge is 2.29. The third kappa shape index (κ3) is 5.14. The first kappa shape index (κ1) is 24.1. The smallest absolute Gasteiger partial charge is 0.220 e. The number of amidine groups is 1. The number of fused-ring (bicyclic) bond motifs is 1. The van der Waals surface area contributed by atoms with Gasteiger partial charge in [-0.05, 0) is 49.9 Å². The number of nitrogens with one attached hydrogen (secondary N) is 1. The molecule has 3 N–H and O–H groups in total. The number of nitrogens with zero attached hydrogens (tertiary/aromatic N) is 4. The summed E-state index contributed by atoms with van der Waals surface area (Å²) < 4.78 is 25.4. The van der Waals surface area contributed by atoms with Crippen molar-refractivity contribution < 1.29 is 18.7 Å².